The minimum absolute atomic E-state index is 0.616. The van der Waals surface area contributed by atoms with Gasteiger partial charge in [0, 0.05) is 10.9 Å². The summed E-state index contributed by atoms with van der Waals surface area (Å²) in [6.07, 6.45) is 5.31. The molecule has 1 aliphatic rings. The summed E-state index contributed by atoms with van der Waals surface area (Å²) in [5.41, 5.74) is 0. The third-order valence-electron chi connectivity index (χ3n) is 2.38. The van der Waals surface area contributed by atoms with Crippen LogP contribution in [0.2, 0.25) is 0 Å². The van der Waals surface area contributed by atoms with Gasteiger partial charge in [-0.25, -0.2) is 0 Å². The molecule has 0 aromatic heterocycles. The van der Waals surface area contributed by atoms with Gasteiger partial charge in [-0.15, -0.1) is 0 Å². The summed E-state index contributed by atoms with van der Waals surface area (Å²) >= 11 is 1.64. The summed E-state index contributed by atoms with van der Waals surface area (Å²) < 4.78 is 4.61. The van der Waals surface area contributed by atoms with Gasteiger partial charge in [-0.1, -0.05) is 31.0 Å². The second-order valence-electron chi connectivity index (χ2n) is 3.45. The molecule has 1 aliphatic carbocycles. The molecule has 69 valence electrons. The van der Waals surface area contributed by atoms with Crippen molar-refractivity contribution in [2.45, 2.75) is 36.6 Å². The number of benzene rings is 1. The maximum atomic E-state index is 4.61. The lowest BCUT2D eigenvalue weighted by Gasteiger charge is -2.07. The van der Waals surface area contributed by atoms with Crippen LogP contribution in [0.4, 0.5) is 0 Å². The van der Waals surface area contributed by atoms with Gasteiger partial charge in [-0.3, -0.25) is 0 Å². The van der Waals surface area contributed by atoms with Crippen molar-refractivity contribution >= 4 is 11.9 Å². The third kappa shape index (κ3) is 2.75. The van der Waals surface area contributed by atoms with Gasteiger partial charge in [-0.2, -0.15) is 4.72 Å². The molecule has 1 aromatic carbocycles. The van der Waals surface area contributed by atoms with Crippen LogP contribution in [0.15, 0.2) is 35.2 Å². The average Bonchev–Trinajstić information content (AvgIpc) is 2.69. The van der Waals surface area contributed by atoms with Gasteiger partial charge in [0.05, 0.1) is 0 Å². The van der Waals surface area contributed by atoms with E-state index in [4.69, 9.17) is 0 Å². The molecule has 1 radical (unpaired) electrons. The van der Waals surface area contributed by atoms with Crippen molar-refractivity contribution in [1.82, 2.24) is 4.72 Å². The summed E-state index contributed by atoms with van der Waals surface area (Å²) in [5.74, 6) is 0. The van der Waals surface area contributed by atoms with Crippen molar-refractivity contribution < 1.29 is 0 Å². The first-order chi connectivity index (χ1) is 6.45. The van der Waals surface area contributed by atoms with Crippen molar-refractivity contribution in [3.05, 3.63) is 30.3 Å². The largest absolute Gasteiger partial charge is 0.167 e. The fraction of sp³-hybridized carbons (Fsp3) is 0.455. The smallest absolute Gasteiger partial charge is 0.0372 e. The fourth-order valence-electron chi connectivity index (χ4n) is 1.63. The standard InChI is InChI=1S/C11H14NS/c1-2-8-11(9-3-1)13-12-10-6-4-5-7-10/h1-3,8-10H,4-7H2. The molecule has 2 heteroatoms. The fourth-order valence-corrected chi connectivity index (χ4v) is 2.39. The number of hydrogen-bond donors (Lipinski definition) is 0. The van der Waals surface area contributed by atoms with Gasteiger partial charge in [0.25, 0.3) is 0 Å². The summed E-state index contributed by atoms with van der Waals surface area (Å²) in [7, 11) is 0. The second kappa shape index (κ2) is 4.68. The minimum atomic E-state index is 0.616. The molecular weight excluding hydrogens is 178 g/mol. The lowest BCUT2D eigenvalue weighted by Crippen LogP contribution is -2.10. The first-order valence-electron chi connectivity index (χ1n) is 4.87. The van der Waals surface area contributed by atoms with E-state index in [2.05, 4.69) is 29.0 Å². The number of hydrogen-bond acceptors (Lipinski definition) is 1. The Hall–Kier alpha value is -0.470. The molecule has 0 atom stereocenters. The van der Waals surface area contributed by atoms with Crippen LogP contribution in [0.3, 0.4) is 0 Å². The highest BCUT2D eigenvalue weighted by Crippen LogP contribution is 2.24. The Morgan fingerprint density at radius 2 is 1.77 bits per heavy atom. The zero-order chi connectivity index (χ0) is 8.93. The monoisotopic (exact) mass is 192 g/mol. The van der Waals surface area contributed by atoms with Crippen LogP contribution < -0.4 is 4.72 Å². The predicted molar refractivity (Wildman–Crippen MR) is 56.7 cm³/mol. The molecule has 0 unspecified atom stereocenters. The molecule has 0 spiro atoms. The van der Waals surface area contributed by atoms with Gasteiger partial charge < -0.3 is 0 Å². The summed E-state index contributed by atoms with van der Waals surface area (Å²) in [6, 6.07) is 11.0. The van der Waals surface area contributed by atoms with Crippen LogP contribution in [0.25, 0.3) is 0 Å². The Balaban J connectivity index is 1.79. The van der Waals surface area contributed by atoms with Crippen molar-refractivity contribution in [1.29, 1.82) is 0 Å². The van der Waals surface area contributed by atoms with Crippen LogP contribution in [0, 0.1) is 0 Å². The summed E-state index contributed by atoms with van der Waals surface area (Å²) in [4.78, 5) is 1.26. The normalized spacial score (nSPS) is 17.8. The maximum absolute atomic E-state index is 4.61. The zero-order valence-corrected chi connectivity index (χ0v) is 8.46. The van der Waals surface area contributed by atoms with E-state index in [1.165, 1.54) is 30.6 Å². The Bertz CT molecular complexity index is 242. The molecule has 0 N–H and O–H groups in total. The summed E-state index contributed by atoms with van der Waals surface area (Å²) in [6.45, 7) is 0. The molecular formula is C11H14NS. The van der Waals surface area contributed by atoms with Crippen molar-refractivity contribution in [3.63, 3.8) is 0 Å². The van der Waals surface area contributed by atoms with Crippen molar-refractivity contribution in [2.24, 2.45) is 0 Å². The molecule has 2 rings (SSSR count). The second-order valence-corrected chi connectivity index (χ2v) is 4.31. The highest BCUT2D eigenvalue weighted by Gasteiger charge is 2.15. The Kier molecular flexibility index (Phi) is 3.27. The highest BCUT2D eigenvalue weighted by molar-refractivity contribution is 7.97. The Labute approximate surface area is 84.1 Å². The molecule has 1 saturated carbocycles. The number of rotatable bonds is 3. The molecule has 1 nitrogen and oxygen atoms in total. The van der Waals surface area contributed by atoms with Gasteiger partial charge in [0.2, 0.25) is 0 Å². The van der Waals surface area contributed by atoms with Crippen molar-refractivity contribution in [3.8, 4) is 0 Å². The molecule has 0 amide bonds. The average molecular weight is 192 g/mol. The van der Waals surface area contributed by atoms with Gasteiger partial charge >= 0.3 is 0 Å². The maximum Gasteiger partial charge on any atom is 0.0372 e. The third-order valence-corrected chi connectivity index (χ3v) is 3.26. The lowest BCUT2D eigenvalue weighted by molar-refractivity contribution is 0.649. The van der Waals surface area contributed by atoms with E-state index < -0.39 is 0 Å². The van der Waals surface area contributed by atoms with E-state index in [1.807, 2.05) is 6.07 Å². The molecule has 0 heterocycles. The minimum Gasteiger partial charge on any atom is -0.167 e. The Morgan fingerprint density at radius 1 is 1.08 bits per heavy atom. The van der Waals surface area contributed by atoms with Crippen LogP contribution in [-0.4, -0.2) is 6.04 Å². The van der Waals surface area contributed by atoms with Crippen LogP contribution >= 0.6 is 11.9 Å². The molecule has 13 heavy (non-hydrogen) atoms. The van der Waals surface area contributed by atoms with E-state index in [9.17, 15) is 0 Å². The highest BCUT2D eigenvalue weighted by atomic mass is 32.2. The van der Waals surface area contributed by atoms with Gasteiger partial charge in [0.1, 0.15) is 0 Å². The van der Waals surface area contributed by atoms with Gasteiger partial charge in [0.15, 0.2) is 0 Å². The van der Waals surface area contributed by atoms with E-state index in [0.29, 0.717) is 6.04 Å². The van der Waals surface area contributed by atoms with E-state index in [1.54, 1.807) is 11.9 Å². The number of nitrogens with zero attached hydrogens (tertiary/aromatic N) is 1. The van der Waals surface area contributed by atoms with Crippen LogP contribution in [0.5, 0.6) is 0 Å². The quantitative estimate of drug-likeness (QED) is 0.670. The van der Waals surface area contributed by atoms with Gasteiger partial charge in [-0.05, 0) is 36.9 Å². The predicted octanol–water partition coefficient (Wildman–Crippen LogP) is 3.24. The SMILES string of the molecule is c1ccc(S[N]C2CCCC2)cc1. The van der Waals surface area contributed by atoms with E-state index in [-0.39, 0.29) is 0 Å². The van der Waals surface area contributed by atoms with Crippen LogP contribution in [0.1, 0.15) is 25.7 Å². The first-order valence-corrected chi connectivity index (χ1v) is 5.65. The molecule has 1 aromatic rings. The molecule has 1 fully saturated rings. The van der Waals surface area contributed by atoms with E-state index >= 15 is 0 Å². The first kappa shape index (κ1) is 9.10. The van der Waals surface area contributed by atoms with Crippen molar-refractivity contribution in [2.75, 3.05) is 0 Å². The molecule has 0 saturated heterocycles. The topological polar surface area (TPSA) is 14.1 Å². The lowest BCUT2D eigenvalue weighted by atomic mass is 10.3. The van der Waals surface area contributed by atoms with E-state index in [0.717, 1.165) is 0 Å². The summed E-state index contributed by atoms with van der Waals surface area (Å²) in [5, 5.41) is 0. The van der Waals surface area contributed by atoms with Crippen LogP contribution in [-0.2, 0) is 0 Å². The molecule has 0 aliphatic heterocycles. The zero-order valence-electron chi connectivity index (χ0n) is 7.65. The Morgan fingerprint density at radius 3 is 2.46 bits per heavy atom. The molecule has 0 bridgehead atoms.